The SMILES string of the molecule is Cc1ccc(C)c(NC(=O)CCC(=O)NNC(=O)COc2cc(C)c(Cl)c(C)c2)c1. The van der Waals surface area contributed by atoms with E-state index in [1.54, 1.807) is 12.1 Å². The molecule has 30 heavy (non-hydrogen) atoms. The highest BCUT2D eigenvalue weighted by Crippen LogP contribution is 2.25. The van der Waals surface area contributed by atoms with E-state index in [9.17, 15) is 14.4 Å². The molecular formula is C22H26ClN3O4. The minimum atomic E-state index is -0.520. The molecule has 2 rings (SSSR count). The zero-order chi connectivity index (χ0) is 22.3. The van der Waals surface area contributed by atoms with E-state index in [1.165, 1.54) is 0 Å². The number of benzene rings is 2. The quantitative estimate of drug-likeness (QED) is 0.584. The lowest BCUT2D eigenvalue weighted by atomic mass is 10.1. The molecule has 160 valence electrons. The fourth-order valence-electron chi connectivity index (χ4n) is 2.69. The lowest BCUT2D eigenvalue weighted by Gasteiger charge is -2.11. The van der Waals surface area contributed by atoms with Gasteiger partial charge >= 0.3 is 0 Å². The van der Waals surface area contributed by atoms with Crippen molar-refractivity contribution in [2.75, 3.05) is 11.9 Å². The second kappa shape index (κ2) is 10.6. The molecule has 7 nitrogen and oxygen atoms in total. The van der Waals surface area contributed by atoms with Gasteiger partial charge in [-0.15, -0.1) is 0 Å². The number of rotatable bonds is 7. The molecule has 0 heterocycles. The van der Waals surface area contributed by atoms with Crippen LogP contribution in [0.25, 0.3) is 0 Å². The van der Waals surface area contributed by atoms with E-state index in [4.69, 9.17) is 16.3 Å². The van der Waals surface area contributed by atoms with Crippen LogP contribution in [0.15, 0.2) is 30.3 Å². The van der Waals surface area contributed by atoms with Crippen molar-refractivity contribution in [1.29, 1.82) is 0 Å². The summed E-state index contributed by atoms with van der Waals surface area (Å²) in [6.07, 6.45) is -0.0671. The molecule has 2 aromatic carbocycles. The molecule has 8 heteroatoms. The van der Waals surface area contributed by atoms with E-state index in [0.29, 0.717) is 10.8 Å². The van der Waals surface area contributed by atoms with Gasteiger partial charge in [-0.3, -0.25) is 25.2 Å². The van der Waals surface area contributed by atoms with Crippen LogP contribution in [0.1, 0.15) is 35.1 Å². The maximum Gasteiger partial charge on any atom is 0.276 e. The summed E-state index contributed by atoms with van der Waals surface area (Å²) in [5.74, 6) is -0.757. The molecule has 0 aromatic heterocycles. The normalized spacial score (nSPS) is 10.3. The average molecular weight is 432 g/mol. The fourth-order valence-corrected chi connectivity index (χ4v) is 2.80. The summed E-state index contributed by atoms with van der Waals surface area (Å²) in [5, 5.41) is 3.44. The van der Waals surface area contributed by atoms with Gasteiger partial charge in [0.15, 0.2) is 6.61 Å². The Labute approximate surface area is 181 Å². The van der Waals surface area contributed by atoms with Crippen LogP contribution >= 0.6 is 11.6 Å². The first-order valence-electron chi connectivity index (χ1n) is 9.50. The molecule has 0 bridgehead atoms. The Morgan fingerprint density at radius 3 is 2.10 bits per heavy atom. The maximum atomic E-state index is 12.0. The second-order valence-corrected chi connectivity index (χ2v) is 7.50. The number of nitrogens with one attached hydrogen (secondary N) is 3. The number of carbonyl (C=O) groups is 3. The predicted molar refractivity (Wildman–Crippen MR) is 116 cm³/mol. The van der Waals surface area contributed by atoms with Crippen molar-refractivity contribution in [3.8, 4) is 5.75 Å². The number of hydrogen-bond donors (Lipinski definition) is 3. The van der Waals surface area contributed by atoms with Crippen LogP contribution in [0.5, 0.6) is 5.75 Å². The molecule has 3 amide bonds. The summed E-state index contributed by atoms with van der Waals surface area (Å²) in [5.41, 5.74) is 8.92. The fraction of sp³-hybridized carbons (Fsp3) is 0.318. The smallest absolute Gasteiger partial charge is 0.276 e. The topological polar surface area (TPSA) is 96.5 Å². The third kappa shape index (κ3) is 7.08. The summed E-state index contributed by atoms with van der Waals surface area (Å²) >= 11 is 6.10. The molecule has 0 saturated heterocycles. The molecule has 0 aliphatic carbocycles. The molecule has 0 fully saturated rings. The number of hydrazine groups is 1. The van der Waals surface area contributed by atoms with Gasteiger partial charge in [-0.2, -0.15) is 0 Å². The van der Waals surface area contributed by atoms with E-state index in [2.05, 4.69) is 16.2 Å². The van der Waals surface area contributed by atoms with Crippen molar-refractivity contribution in [3.05, 3.63) is 57.6 Å². The lowest BCUT2D eigenvalue weighted by Crippen LogP contribution is -2.44. The first-order valence-corrected chi connectivity index (χ1v) is 9.88. The van der Waals surface area contributed by atoms with Crippen molar-refractivity contribution >= 4 is 35.0 Å². The lowest BCUT2D eigenvalue weighted by molar-refractivity contribution is -0.130. The Balaban J connectivity index is 1.70. The van der Waals surface area contributed by atoms with Crippen LogP contribution in [-0.2, 0) is 14.4 Å². The van der Waals surface area contributed by atoms with Gasteiger partial charge in [-0.05, 0) is 68.1 Å². The van der Waals surface area contributed by atoms with Crippen LogP contribution < -0.4 is 20.9 Å². The number of carbonyl (C=O) groups excluding carboxylic acids is 3. The molecule has 0 radical (unpaired) electrons. The van der Waals surface area contributed by atoms with Crippen LogP contribution in [0.4, 0.5) is 5.69 Å². The Morgan fingerprint density at radius 1 is 0.833 bits per heavy atom. The van der Waals surface area contributed by atoms with E-state index in [1.807, 2.05) is 45.9 Å². The molecule has 0 aliphatic heterocycles. The van der Waals surface area contributed by atoms with E-state index >= 15 is 0 Å². The molecule has 3 N–H and O–H groups in total. The Hall–Kier alpha value is -3.06. The summed E-state index contributed by atoms with van der Waals surface area (Å²) < 4.78 is 5.42. The molecule has 2 aromatic rings. The number of ether oxygens (including phenoxy) is 1. The number of halogens is 1. The van der Waals surface area contributed by atoms with Crippen molar-refractivity contribution < 1.29 is 19.1 Å². The van der Waals surface area contributed by atoms with Crippen LogP contribution in [0.2, 0.25) is 5.02 Å². The van der Waals surface area contributed by atoms with Crippen LogP contribution in [-0.4, -0.2) is 24.3 Å². The van der Waals surface area contributed by atoms with Gasteiger partial charge in [-0.25, -0.2) is 0 Å². The summed E-state index contributed by atoms with van der Waals surface area (Å²) in [7, 11) is 0. The number of hydrogen-bond acceptors (Lipinski definition) is 4. The van der Waals surface area contributed by atoms with Crippen molar-refractivity contribution in [1.82, 2.24) is 10.9 Å². The number of aryl methyl sites for hydroxylation is 4. The average Bonchev–Trinajstić information content (AvgIpc) is 2.69. The van der Waals surface area contributed by atoms with Gasteiger partial charge in [0.2, 0.25) is 11.8 Å². The standard InChI is InChI=1S/C22H26ClN3O4/c1-13-5-6-14(2)18(9-13)24-19(27)7-8-20(28)25-26-21(29)12-30-17-10-15(3)22(23)16(4)11-17/h5-6,9-11H,7-8,12H2,1-4H3,(H,24,27)(H,25,28)(H,26,29). The van der Waals surface area contributed by atoms with E-state index < -0.39 is 11.8 Å². The number of anilines is 1. The van der Waals surface area contributed by atoms with Gasteiger partial charge in [0.05, 0.1) is 0 Å². The zero-order valence-electron chi connectivity index (χ0n) is 17.5. The maximum absolute atomic E-state index is 12.0. The van der Waals surface area contributed by atoms with Crippen LogP contribution in [0, 0.1) is 27.7 Å². The Morgan fingerprint density at radius 2 is 1.43 bits per heavy atom. The molecule has 0 atom stereocenters. The third-order valence-corrected chi connectivity index (χ3v) is 4.96. The minimum Gasteiger partial charge on any atom is -0.484 e. The van der Waals surface area contributed by atoms with Crippen LogP contribution in [0.3, 0.4) is 0 Å². The molecule has 0 unspecified atom stereocenters. The summed E-state index contributed by atoms with van der Waals surface area (Å²) in [6, 6.07) is 9.21. The number of amides is 3. The van der Waals surface area contributed by atoms with Crippen molar-refractivity contribution in [2.45, 2.75) is 40.5 Å². The molecule has 0 saturated carbocycles. The largest absolute Gasteiger partial charge is 0.484 e. The second-order valence-electron chi connectivity index (χ2n) is 7.12. The van der Waals surface area contributed by atoms with Gasteiger partial charge in [0.1, 0.15) is 5.75 Å². The molecular weight excluding hydrogens is 406 g/mol. The summed E-state index contributed by atoms with van der Waals surface area (Å²) in [6.45, 7) is 7.25. The van der Waals surface area contributed by atoms with Gasteiger partial charge in [0.25, 0.3) is 5.91 Å². The Bertz CT molecular complexity index is 936. The summed E-state index contributed by atoms with van der Waals surface area (Å²) in [4.78, 5) is 35.8. The van der Waals surface area contributed by atoms with Gasteiger partial charge in [-0.1, -0.05) is 23.7 Å². The predicted octanol–water partition coefficient (Wildman–Crippen LogP) is 3.52. The zero-order valence-corrected chi connectivity index (χ0v) is 18.3. The molecule has 0 aliphatic rings. The first kappa shape index (κ1) is 23.2. The van der Waals surface area contributed by atoms with Crippen molar-refractivity contribution in [3.63, 3.8) is 0 Å². The Kier molecular flexibility index (Phi) is 8.24. The van der Waals surface area contributed by atoms with Gasteiger partial charge in [0, 0.05) is 23.6 Å². The highest BCUT2D eigenvalue weighted by Gasteiger charge is 2.11. The highest BCUT2D eigenvalue weighted by atomic mass is 35.5. The highest BCUT2D eigenvalue weighted by molar-refractivity contribution is 6.32. The van der Waals surface area contributed by atoms with E-state index in [0.717, 1.165) is 27.9 Å². The molecule has 0 spiro atoms. The third-order valence-electron chi connectivity index (χ3n) is 4.37. The van der Waals surface area contributed by atoms with Crippen molar-refractivity contribution in [2.24, 2.45) is 0 Å². The van der Waals surface area contributed by atoms with E-state index in [-0.39, 0.29) is 25.4 Å². The van der Waals surface area contributed by atoms with Gasteiger partial charge < -0.3 is 10.1 Å². The first-order chi connectivity index (χ1) is 14.2. The monoisotopic (exact) mass is 431 g/mol. The minimum absolute atomic E-state index is 0.00505.